The molecule has 0 saturated heterocycles. The normalized spacial score (nSPS) is 4.25. The van der Waals surface area contributed by atoms with E-state index in [0.29, 0.717) is 0 Å². The third-order valence-corrected chi connectivity index (χ3v) is 0.109. The van der Waals surface area contributed by atoms with Crippen molar-refractivity contribution >= 4 is 15.5 Å². The van der Waals surface area contributed by atoms with Crippen molar-refractivity contribution in [1.82, 2.24) is 0 Å². The second kappa shape index (κ2) is 3.06. The first-order chi connectivity index (χ1) is 1.91. The SMILES string of the molecule is [O]=[Al][O]F. The monoisotopic (exact) mass is 78.0 g/mol. The van der Waals surface area contributed by atoms with Gasteiger partial charge in [-0.25, -0.2) is 0 Å². The Kier molecular flexibility index (Phi) is 3.11. The van der Waals surface area contributed by atoms with Gasteiger partial charge in [0, 0.05) is 0 Å². The molecule has 0 N–H and O–H groups in total. The van der Waals surface area contributed by atoms with Crippen LogP contribution >= 0.6 is 0 Å². The zero-order valence-electron chi connectivity index (χ0n) is 1.77. The molecule has 0 aromatic heterocycles. The fraction of sp³-hybridized carbons (Fsp3) is 0. The molecule has 0 spiro atoms. The summed E-state index contributed by atoms with van der Waals surface area (Å²) in [4.78, 5) is 0. The van der Waals surface area contributed by atoms with Gasteiger partial charge in [-0.1, -0.05) is 0 Å². The summed E-state index contributed by atoms with van der Waals surface area (Å²) < 4.78 is 21.3. The van der Waals surface area contributed by atoms with Crippen molar-refractivity contribution in [3.8, 4) is 0 Å². The van der Waals surface area contributed by atoms with E-state index < -0.39 is 15.5 Å². The van der Waals surface area contributed by atoms with Crippen LogP contribution in [0.25, 0.3) is 0 Å². The van der Waals surface area contributed by atoms with Crippen LogP contribution in [-0.4, -0.2) is 15.5 Å². The number of hydrogen-bond acceptors (Lipinski definition) is 2. The van der Waals surface area contributed by atoms with Gasteiger partial charge < -0.3 is 0 Å². The van der Waals surface area contributed by atoms with E-state index in [-0.39, 0.29) is 0 Å². The van der Waals surface area contributed by atoms with Gasteiger partial charge in [-0.3, -0.25) is 0 Å². The molecule has 0 aromatic rings. The molecule has 2 nitrogen and oxygen atoms in total. The molecule has 0 radical (unpaired) electrons. The molecule has 0 rings (SSSR count). The maximum atomic E-state index is 9.95. The predicted octanol–water partition coefficient (Wildman–Crippen LogP) is -0.148. The topological polar surface area (TPSA) is 26.3 Å². The molecule has 0 fully saturated rings. The molecule has 0 atom stereocenters. The van der Waals surface area contributed by atoms with Gasteiger partial charge >= 0.3 is 27.8 Å². The van der Waals surface area contributed by atoms with Gasteiger partial charge in [0.1, 0.15) is 0 Å². The molecule has 0 amide bonds. The summed E-state index contributed by atoms with van der Waals surface area (Å²) >= 11 is -1.63. The molecule has 0 saturated carbocycles. The Labute approximate surface area is 28.7 Å². The summed E-state index contributed by atoms with van der Waals surface area (Å²) in [6.45, 7) is 0. The van der Waals surface area contributed by atoms with E-state index in [0.717, 1.165) is 0 Å². The molecule has 4 heteroatoms. The molecule has 0 aliphatic rings. The molecule has 0 unspecified atom stereocenters. The van der Waals surface area contributed by atoms with Crippen molar-refractivity contribution < 1.29 is 12.3 Å². The molecule has 4 heavy (non-hydrogen) atoms. The standard InChI is InChI=1S/Al.FO.O/c;1-2;/q+1;-1;. The van der Waals surface area contributed by atoms with Gasteiger partial charge in [0.2, 0.25) is 0 Å². The van der Waals surface area contributed by atoms with E-state index in [2.05, 4.69) is 3.99 Å². The van der Waals surface area contributed by atoms with Crippen molar-refractivity contribution in [3.05, 3.63) is 0 Å². The van der Waals surface area contributed by atoms with Gasteiger partial charge in [0.25, 0.3) is 0 Å². The Morgan fingerprint density at radius 1 is 2.00 bits per heavy atom. The Hall–Kier alpha value is 0.0625. The van der Waals surface area contributed by atoms with Gasteiger partial charge in [-0.05, 0) is 0 Å². The third kappa shape index (κ3) is 2.06. The third-order valence-electron chi connectivity index (χ3n) is 0.0364. The first-order valence-electron chi connectivity index (χ1n) is 0.626. The van der Waals surface area contributed by atoms with Crippen LogP contribution in [0.2, 0.25) is 0 Å². The summed E-state index contributed by atoms with van der Waals surface area (Å²) in [5, 5.41) is 0. The molecular formula is AlFO2. The molecule has 0 aliphatic carbocycles. The number of halogens is 1. The average molecular weight is 78.0 g/mol. The summed E-state index contributed by atoms with van der Waals surface area (Å²) in [7, 11) is 0. The predicted molar refractivity (Wildman–Crippen MR) is 8.63 cm³/mol. The molecule has 0 aromatic carbocycles. The number of hydrogen-bond donors (Lipinski definition) is 0. The molecule has 0 aliphatic heterocycles. The van der Waals surface area contributed by atoms with Gasteiger partial charge in [-0.2, -0.15) is 0 Å². The van der Waals surface area contributed by atoms with Gasteiger partial charge in [0.05, 0.1) is 0 Å². The van der Waals surface area contributed by atoms with Crippen LogP contribution in [0.15, 0.2) is 0 Å². The number of rotatable bonds is 1. The molecule has 0 bridgehead atoms. The Bertz CT molecular complexity index is 20.0. The Morgan fingerprint density at radius 2 is 2.25 bits per heavy atom. The minimum atomic E-state index is -1.63. The van der Waals surface area contributed by atoms with E-state index in [1.54, 1.807) is 0 Å². The van der Waals surface area contributed by atoms with Crippen LogP contribution in [0.4, 0.5) is 4.53 Å². The van der Waals surface area contributed by atoms with Crippen LogP contribution in [0.5, 0.6) is 0 Å². The summed E-state index contributed by atoms with van der Waals surface area (Å²) in [5.74, 6) is 0. The maximum absolute atomic E-state index is 9.95. The Balaban J connectivity index is 2.30. The van der Waals surface area contributed by atoms with Crippen molar-refractivity contribution in [1.29, 1.82) is 0 Å². The zero-order chi connectivity index (χ0) is 3.41. The van der Waals surface area contributed by atoms with E-state index in [4.69, 9.17) is 3.80 Å². The zero-order valence-corrected chi connectivity index (χ0v) is 2.93. The van der Waals surface area contributed by atoms with Crippen LogP contribution < -0.4 is 0 Å². The average Bonchev–Trinajstić information content (AvgIpc) is 1.37. The van der Waals surface area contributed by atoms with Crippen molar-refractivity contribution in [2.75, 3.05) is 0 Å². The van der Waals surface area contributed by atoms with E-state index in [1.807, 2.05) is 0 Å². The van der Waals surface area contributed by atoms with Crippen LogP contribution in [-0.2, 0) is 7.80 Å². The van der Waals surface area contributed by atoms with Crippen LogP contribution in [0.1, 0.15) is 0 Å². The quantitative estimate of drug-likeness (QED) is 0.408. The van der Waals surface area contributed by atoms with E-state index in [1.165, 1.54) is 0 Å². The molecular weight excluding hydrogens is 78.0 g/mol. The van der Waals surface area contributed by atoms with Crippen molar-refractivity contribution in [3.63, 3.8) is 0 Å². The minimum absolute atomic E-state index is 1.63. The van der Waals surface area contributed by atoms with Crippen molar-refractivity contribution in [2.24, 2.45) is 0 Å². The fourth-order valence-corrected chi connectivity index (χ4v) is 0. The van der Waals surface area contributed by atoms with Gasteiger partial charge in [0.15, 0.2) is 0 Å². The molecule has 22 valence electrons. The van der Waals surface area contributed by atoms with Crippen molar-refractivity contribution in [2.45, 2.75) is 0 Å². The summed E-state index contributed by atoms with van der Waals surface area (Å²) in [6, 6.07) is 0. The fourth-order valence-electron chi connectivity index (χ4n) is 0. The van der Waals surface area contributed by atoms with Gasteiger partial charge in [-0.15, -0.1) is 0 Å². The van der Waals surface area contributed by atoms with Crippen LogP contribution in [0.3, 0.4) is 0 Å². The Morgan fingerprint density at radius 3 is 2.25 bits per heavy atom. The second-order valence-corrected chi connectivity index (χ2v) is 0.556. The summed E-state index contributed by atoms with van der Waals surface area (Å²) in [5.41, 5.74) is 0. The van der Waals surface area contributed by atoms with E-state index >= 15 is 0 Å². The second-order valence-electron chi connectivity index (χ2n) is 0.185. The molecule has 0 heterocycles. The summed E-state index contributed by atoms with van der Waals surface area (Å²) in [6.07, 6.45) is 0. The van der Waals surface area contributed by atoms with Crippen LogP contribution in [0, 0.1) is 0 Å². The first kappa shape index (κ1) is 4.06. The first-order valence-corrected chi connectivity index (χ1v) is 1.57. The van der Waals surface area contributed by atoms with E-state index in [9.17, 15) is 4.53 Å².